The first-order chi connectivity index (χ1) is 10.1. The lowest BCUT2D eigenvalue weighted by molar-refractivity contribution is 0.0975. The molecule has 0 spiro atoms. The van der Waals surface area contributed by atoms with Gasteiger partial charge in [-0.1, -0.05) is 0 Å². The van der Waals surface area contributed by atoms with Crippen LogP contribution in [0.1, 0.15) is 13.3 Å². The third kappa shape index (κ3) is 3.88. The minimum atomic E-state index is -0.298. The van der Waals surface area contributed by atoms with Gasteiger partial charge in [-0.15, -0.1) is 11.3 Å². The number of fused-ring (bicyclic) bond motifs is 1. The van der Waals surface area contributed by atoms with E-state index in [1.165, 1.54) is 11.3 Å². The van der Waals surface area contributed by atoms with E-state index in [9.17, 15) is 4.79 Å². The van der Waals surface area contributed by atoms with Crippen LogP contribution in [0.5, 0.6) is 0 Å². The fourth-order valence-electron chi connectivity index (χ4n) is 2.29. The zero-order valence-electron chi connectivity index (χ0n) is 12.3. The summed E-state index contributed by atoms with van der Waals surface area (Å²) in [6.45, 7) is 3.74. The molecule has 1 atom stereocenters. The summed E-state index contributed by atoms with van der Waals surface area (Å²) in [4.78, 5) is 16.5. The second-order valence-electron chi connectivity index (χ2n) is 5.27. The number of nitrogens with one attached hydrogen (secondary N) is 1. The first-order valence-corrected chi connectivity index (χ1v) is 7.75. The van der Waals surface area contributed by atoms with E-state index in [1.54, 1.807) is 18.0 Å². The quantitative estimate of drug-likeness (QED) is 0.755. The number of thiophene rings is 1. The molecule has 0 saturated heterocycles. The molecular formula is C14H21N3O3S. The van der Waals surface area contributed by atoms with Crippen molar-refractivity contribution < 1.29 is 9.84 Å². The SMILES string of the molecule is COCC(C)(CCO)NCCn1cnc2ccsc2c1=O. The molecule has 2 aromatic heterocycles. The van der Waals surface area contributed by atoms with Gasteiger partial charge in [0.25, 0.3) is 5.56 Å². The Morgan fingerprint density at radius 2 is 2.38 bits per heavy atom. The van der Waals surface area contributed by atoms with Gasteiger partial charge in [-0.25, -0.2) is 4.98 Å². The third-order valence-corrected chi connectivity index (χ3v) is 4.36. The van der Waals surface area contributed by atoms with E-state index in [2.05, 4.69) is 10.3 Å². The van der Waals surface area contributed by atoms with Crippen molar-refractivity contribution in [2.24, 2.45) is 0 Å². The van der Waals surface area contributed by atoms with Gasteiger partial charge >= 0.3 is 0 Å². The Bertz CT molecular complexity index is 632. The number of rotatable bonds is 8. The van der Waals surface area contributed by atoms with Crippen LogP contribution in [0, 0.1) is 0 Å². The summed E-state index contributed by atoms with van der Waals surface area (Å²) < 4.78 is 7.48. The molecule has 0 aliphatic rings. The molecule has 0 fully saturated rings. The smallest absolute Gasteiger partial charge is 0.271 e. The van der Waals surface area contributed by atoms with Crippen LogP contribution in [-0.4, -0.2) is 47.1 Å². The number of methoxy groups -OCH3 is 1. The number of hydrogen-bond donors (Lipinski definition) is 2. The molecule has 21 heavy (non-hydrogen) atoms. The lowest BCUT2D eigenvalue weighted by Gasteiger charge is -2.29. The van der Waals surface area contributed by atoms with Crippen molar-refractivity contribution in [1.82, 2.24) is 14.9 Å². The maximum Gasteiger partial charge on any atom is 0.271 e. The van der Waals surface area contributed by atoms with Crippen LogP contribution in [0.15, 0.2) is 22.6 Å². The molecule has 7 heteroatoms. The van der Waals surface area contributed by atoms with Gasteiger partial charge in [-0.2, -0.15) is 0 Å². The van der Waals surface area contributed by atoms with Gasteiger partial charge in [-0.05, 0) is 24.8 Å². The Labute approximate surface area is 127 Å². The molecule has 0 aliphatic carbocycles. The summed E-state index contributed by atoms with van der Waals surface area (Å²) in [7, 11) is 1.64. The second kappa shape index (κ2) is 7.13. The number of hydrogen-bond acceptors (Lipinski definition) is 6. The van der Waals surface area contributed by atoms with Gasteiger partial charge in [0.15, 0.2) is 0 Å². The van der Waals surface area contributed by atoms with Crippen LogP contribution >= 0.6 is 11.3 Å². The third-order valence-electron chi connectivity index (χ3n) is 3.47. The average Bonchev–Trinajstić information content (AvgIpc) is 2.91. The summed E-state index contributed by atoms with van der Waals surface area (Å²) in [5, 5.41) is 14.3. The lowest BCUT2D eigenvalue weighted by Crippen LogP contribution is -2.48. The average molecular weight is 311 g/mol. The van der Waals surface area contributed by atoms with Gasteiger partial charge in [0.2, 0.25) is 0 Å². The molecule has 0 radical (unpaired) electrons. The van der Waals surface area contributed by atoms with Gasteiger partial charge in [0.05, 0.1) is 18.5 Å². The van der Waals surface area contributed by atoms with Gasteiger partial charge < -0.3 is 15.2 Å². The van der Waals surface area contributed by atoms with E-state index in [0.717, 1.165) is 5.52 Å². The van der Waals surface area contributed by atoms with Crippen molar-refractivity contribution in [2.45, 2.75) is 25.4 Å². The van der Waals surface area contributed by atoms with Crippen LogP contribution in [-0.2, 0) is 11.3 Å². The second-order valence-corrected chi connectivity index (χ2v) is 6.19. The predicted molar refractivity (Wildman–Crippen MR) is 83.9 cm³/mol. The van der Waals surface area contributed by atoms with E-state index in [0.29, 0.717) is 30.8 Å². The fourth-order valence-corrected chi connectivity index (χ4v) is 3.09. The molecule has 2 heterocycles. The molecular weight excluding hydrogens is 290 g/mol. The summed E-state index contributed by atoms with van der Waals surface area (Å²) in [6.07, 6.45) is 2.18. The van der Waals surface area contributed by atoms with E-state index in [-0.39, 0.29) is 17.7 Å². The van der Waals surface area contributed by atoms with Gasteiger partial charge in [0.1, 0.15) is 4.70 Å². The standard InChI is InChI=1S/C14H21N3O3S/c1-14(4-7-18,9-20-2)16-5-6-17-10-15-11-3-8-21-12(11)13(17)19/h3,8,10,16,18H,4-7,9H2,1-2H3. The number of aliphatic hydroxyl groups excluding tert-OH is 1. The van der Waals surface area contributed by atoms with Gasteiger partial charge in [-0.3, -0.25) is 9.36 Å². The molecule has 2 N–H and O–H groups in total. The maximum atomic E-state index is 12.2. The van der Waals surface area contributed by atoms with Crippen LogP contribution in [0.3, 0.4) is 0 Å². The highest BCUT2D eigenvalue weighted by Gasteiger charge is 2.22. The summed E-state index contributed by atoms with van der Waals surface area (Å²) in [6, 6.07) is 1.85. The molecule has 6 nitrogen and oxygen atoms in total. The van der Waals surface area contributed by atoms with Crippen molar-refractivity contribution in [3.63, 3.8) is 0 Å². The zero-order chi connectivity index (χ0) is 15.3. The van der Waals surface area contributed by atoms with Crippen LogP contribution < -0.4 is 10.9 Å². The van der Waals surface area contributed by atoms with Crippen LogP contribution in [0.2, 0.25) is 0 Å². The Hall–Kier alpha value is -1.28. The Morgan fingerprint density at radius 1 is 1.57 bits per heavy atom. The van der Waals surface area contributed by atoms with Crippen molar-refractivity contribution in [2.75, 3.05) is 26.9 Å². The Kier molecular flexibility index (Phi) is 5.46. The molecule has 2 rings (SSSR count). The zero-order valence-corrected chi connectivity index (χ0v) is 13.2. The monoisotopic (exact) mass is 311 g/mol. The number of aromatic nitrogens is 2. The minimum Gasteiger partial charge on any atom is -0.396 e. The molecule has 2 aromatic rings. The first kappa shape index (κ1) is 16.1. The lowest BCUT2D eigenvalue weighted by atomic mass is 9.99. The van der Waals surface area contributed by atoms with Crippen LogP contribution in [0.4, 0.5) is 0 Å². The fraction of sp³-hybridized carbons (Fsp3) is 0.571. The van der Waals surface area contributed by atoms with Gasteiger partial charge in [0, 0.05) is 32.3 Å². The van der Waals surface area contributed by atoms with Crippen molar-refractivity contribution >= 4 is 21.6 Å². The largest absolute Gasteiger partial charge is 0.396 e. The summed E-state index contributed by atoms with van der Waals surface area (Å²) >= 11 is 1.41. The van der Waals surface area contributed by atoms with E-state index in [1.807, 2.05) is 18.4 Å². The van der Waals surface area contributed by atoms with E-state index >= 15 is 0 Å². The summed E-state index contributed by atoms with van der Waals surface area (Å²) in [5.41, 5.74) is 0.444. The van der Waals surface area contributed by atoms with Crippen molar-refractivity contribution in [1.29, 1.82) is 0 Å². The summed E-state index contributed by atoms with van der Waals surface area (Å²) in [5.74, 6) is 0. The highest BCUT2D eigenvalue weighted by Crippen LogP contribution is 2.13. The number of aliphatic hydroxyl groups is 1. The van der Waals surface area contributed by atoms with E-state index in [4.69, 9.17) is 9.84 Å². The molecule has 0 aliphatic heterocycles. The topological polar surface area (TPSA) is 76.4 Å². The molecule has 0 aromatic carbocycles. The molecule has 0 saturated carbocycles. The van der Waals surface area contributed by atoms with Crippen molar-refractivity contribution in [3.8, 4) is 0 Å². The number of nitrogens with zero attached hydrogens (tertiary/aromatic N) is 2. The predicted octanol–water partition coefficient (Wildman–Crippen LogP) is 0.835. The maximum absolute atomic E-state index is 12.2. The molecule has 1 unspecified atom stereocenters. The molecule has 0 amide bonds. The van der Waals surface area contributed by atoms with Crippen LogP contribution in [0.25, 0.3) is 10.2 Å². The first-order valence-electron chi connectivity index (χ1n) is 6.87. The van der Waals surface area contributed by atoms with Crippen molar-refractivity contribution in [3.05, 3.63) is 28.1 Å². The highest BCUT2D eigenvalue weighted by atomic mass is 32.1. The highest BCUT2D eigenvalue weighted by molar-refractivity contribution is 7.17. The van der Waals surface area contributed by atoms with E-state index < -0.39 is 0 Å². The Balaban J connectivity index is 2.01. The number of ether oxygens (including phenoxy) is 1. The molecule has 116 valence electrons. The minimum absolute atomic E-state index is 0.00703. The normalized spacial score (nSPS) is 14.4. The molecule has 0 bridgehead atoms. The Morgan fingerprint density at radius 3 is 3.10 bits per heavy atom.